The first-order valence-electron chi connectivity index (χ1n) is 6.49. The summed E-state index contributed by atoms with van der Waals surface area (Å²) in [5, 5.41) is 3.08. The molecular formula is C13H22N6. The Labute approximate surface area is 114 Å². The van der Waals surface area contributed by atoms with Gasteiger partial charge in [0.25, 0.3) is 0 Å². The molecule has 6 heteroatoms. The molecule has 0 saturated heterocycles. The normalized spacial score (nSPS) is 11.2. The monoisotopic (exact) mass is 262 g/mol. The molecule has 0 radical (unpaired) electrons. The summed E-state index contributed by atoms with van der Waals surface area (Å²) >= 11 is 0. The molecule has 1 N–H and O–H groups in total. The van der Waals surface area contributed by atoms with Crippen molar-refractivity contribution in [3.8, 4) is 0 Å². The van der Waals surface area contributed by atoms with Crippen LogP contribution in [-0.2, 0) is 0 Å². The zero-order valence-electron chi connectivity index (χ0n) is 12.1. The Morgan fingerprint density at radius 2 is 2.05 bits per heavy atom. The molecule has 6 nitrogen and oxygen atoms in total. The van der Waals surface area contributed by atoms with Crippen LogP contribution >= 0.6 is 0 Å². The van der Waals surface area contributed by atoms with Crippen molar-refractivity contribution in [2.75, 3.05) is 51.5 Å². The summed E-state index contributed by atoms with van der Waals surface area (Å²) in [6, 6.07) is 0. The van der Waals surface area contributed by atoms with E-state index in [1.807, 2.05) is 23.8 Å². The molecule has 2 aromatic heterocycles. The third kappa shape index (κ3) is 3.14. The van der Waals surface area contributed by atoms with Crippen LogP contribution in [0.3, 0.4) is 0 Å². The standard InChI is InChI=1S/C13H22N6/c1-14-11-10-19-9-6-15-12(19)13(16-11)18(4)8-5-7-17(2)3/h6,9-10,14H,5,7-8H2,1-4H3. The van der Waals surface area contributed by atoms with Gasteiger partial charge in [0.05, 0.1) is 6.20 Å². The van der Waals surface area contributed by atoms with Crippen LogP contribution in [0.1, 0.15) is 6.42 Å². The number of rotatable bonds is 6. The summed E-state index contributed by atoms with van der Waals surface area (Å²) < 4.78 is 2.00. The van der Waals surface area contributed by atoms with Crippen molar-refractivity contribution in [2.45, 2.75) is 6.42 Å². The first kappa shape index (κ1) is 13.6. The molecule has 0 atom stereocenters. The van der Waals surface area contributed by atoms with E-state index in [0.717, 1.165) is 36.8 Å². The molecule has 2 heterocycles. The van der Waals surface area contributed by atoms with Crippen LogP contribution in [0, 0.1) is 0 Å². The largest absolute Gasteiger partial charge is 0.372 e. The molecular weight excluding hydrogens is 240 g/mol. The van der Waals surface area contributed by atoms with Gasteiger partial charge < -0.3 is 19.5 Å². The van der Waals surface area contributed by atoms with Crippen molar-refractivity contribution in [2.24, 2.45) is 0 Å². The highest BCUT2D eigenvalue weighted by atomic mass is 15.2. The first-order chi connectivity index (χ1) is 9.11. The number of nitrogens with zero attached hydrogens (tertiary/aromatic N) is 5. The van der Waals surface area contributed by atoms with Gasteiger partial charge in [-0.25, -0.2) is 9.97 Å². The van der Waals surface area contributed by atoms with Crippen molar-refractivity contribution in [1.29, 1.82) is 0 Å². The van der Waals surface area contributed by atoms with Crippen LogP contribution in [0.25, 0.3) is 5.65 Å². The predicted molar refractivity (Wildman–Crippen MR) is 79.0 cm³/mol. The lowest BCUT2D eigenvalue weighted by Gasteiger charge is -2.20. The number of hydrogen-bond acceptors (Lipinski definition) is 5. The van der Waals surface area contributed by atoms with Crippen LogP contribution in [-0.4, -0.2) is 60.5 Å². The molecule has 0 fully saturated rings. The predicted octanol–water partition coefficient (Wildman–Crippen LogP) is 1.16. The van der Waals surface area contributed by atoms with Crippen LogP contribution in [0.5, 0.6) is 0 Å². The van der Waals surface area contributed by atoms with E-state index < -0.39 is 0 Å². The van der Waals surface area contributed by atoms with Crippen molar-refractivity contribution >= 4 is 17.3 Å². The molecule has 2 rings (SSSR count). The first-order valence-corrected chi connectivity index (χ1v) is 6.49. The Morgan fingerprint density at radius 3 is 2.74 bits per heavy atom. The van der Waals surface area contributed by atoms with Gasteiger partial charge in [0.2, 0.25) is 0 Å². The van der Waals surface area contributed by atoms with Crippen LogP contribution in [0.15, 0.2) is 18.6 Å². The summed E-state index contributed by atoms with van der Waals surface area (Å²) in [7, 11) is 8.12. The Morgan fingerprint density at radius 1 is 1.26 bits per heavy atom. The average Bonchev–Trinajstić information content (AvgIpc) is 2.84. The fourth-order valence-electron chi connectivity index (χ4n) is 2.02. The fraction of sp³-hybridized carbons (Fsp3) is 0.538. The fourth-order valence-corrected chi connectivity index (χ4v) is 2.02. The Bertz CT molecular complexity index is 533. The van der Waals surface area contributed by atoms with Crippen LogP contribution in [0.2, 0.25) is 0 Å². The minimum atomic E-state index is 0.847. The molecule has 19 heavy (non-hydrogen) atoms. The smallest absolute Gasteiger partial charge is 0.180 e. The van der Waals surface area contributed by atoms with Gasteiger partial charge >= 0.3 is 0 Å². The number of hydrogen-bond donors (Lipinski definition) is 1. The van der Waals surface area contributed by atoms with E-state index in [4.69, 9.17) is 0 Å². The third-order valence-corrected chi connectivity index (χ3v) is 3.07. The number of aromatic nitrogens is 3. The van der Waals surface area contributed by atoms with Gasteiger partial charge in [-0.2, -0.15) is 0 Å². The highest BCUT2D eigenvalue weighted by Crippen LogP contribution is 2.19. The second-order valence-electron chi connectivity index (χ2n) is 4.94. The summed E-state index contributed by atoms with van der Waals surface area (Å²) in [5.41, 5.74) is 0.895. The summed E-state index contributed by atoms with van der Waals surface area (Å²) in [6.45, 7) is 2.03. The van der Waals surface area contributed by atoms with Crippen molar-refractivity contribution in [3.05, 3.63) is 18.6 Å². The topological polar surface area (TPSA) is 48.7 Å². The lowest BCUT2D eigenvalue weighted by Crippen LogP contribution is -2.24. The minimum Gasteiger partial charge on any atom is -0.372 e. The number of nitrogens with one attached hydrogen (secondary N) is 1. The molecule has 0 spiro atoms. The summed E-state index contributed by atoms with van der Waals surface area (Å²) in [6.07, 6.45) is 6.78. The molecule has 0 amide bonds. The van der Waals surface area contributed by atoms with E-state index in [1.165, 1.54) is 0 Å². The second kappa shape index (κ2) is 5.88. The van der Waals surface area contributed by atoms with Crippen molar-refractivity contribution in [3.63, 3.8) is 0 Å². The maximum atomic E-state index is 4.61. The quantitative estimate of drug-likeness (QED) is 0.846. The van der Waals surface area contributed by atoms with Gasteiger partial charge in [-0.05, 0) is 27.1 Å². The third-order valence-electron chi connectivity index (χ3n) is 3.07. The van der Waals surface area contributed by atoms with E-state index in [9.17, 15) is 0 Å². The zero-order valence-corrected chi connectivity index (χ0v) is 12.1. The highest BCUT2D eigenvalue weighted by molar-refractivity contribution is 5.66. The molecule has 0 saturated carbocycles. The maximum absolute atomic E-state index is 4.61. The lowest BCUT2D eigenvalue weighted by atomic mass is 10.3. The zero-order chi connectivity index (χ0) is 13.8. The lowest BCUT2D eigenvalue weighted by molar-refractivity contribution is 0.401. The maximum Gasteiger partial charge on any atom is 0.180 e. The number of anilines is 2. The number of fused-ring (bicyclic) bond motifs is 1. The van der Waals surface area contributed by atoms with Crippen LogP contribution in [0.4, 0.5) is 11.6 Å². The molecule has 0 aliphatic heterocycles. The SMILES string of the molecule is CNc1cn2ccnc2c(N(C)CCCN(C)C)n1. The molecule has 0 aliphatic carbocycles. The molecule has 0 unspecified atom stereocenters. The van der Waals surface area contributed by atoms with Crippen LogP contribution < -0.4 is 10.2 Å². The molecule has 2 aromatic rings. The molecule has 0 aliphatic rings. The van der Waals surface area contributed by atoms with Gasteiger partial charge in [-0.1, -0.05) is 0 Å². The van der Waals surface area contributed by atoms with Gasteiger partial charge in [0, 0.05) is 33.0 Å². The number of imidazole rings is 1. The Kier molecular flexibility index (Phi) is 4.21. The molecule has 0 aromatic carbocycles. The molecule has 0 bridgehead atoms. The Hall–Kier alpha value is -1.82. The summed E-state index contributed by atoms with van der Waals surface area (Å²) in [5.74, 6) is 1.76. The van der Waals surface area contributed by atoms with Gasteiger partial charge in [0.15, 0.2) is 11.5 Å². The van der Waals surface area contributed by atoms with Gasteiger partial charge in [0.1, 0.15) is 5.82 Å². The minimum absolute atomic E-state index is 0.847. The van der Waals surface area contributed by atoms with E-state index in [0.29, 0.717) is 0 Å². The van der Waals surface area contributed by atoms with E-state index >= 15 is 0 Å². The highest BCUT2D eigenvalue weighted by Gasteiger charge is 2.11. The average molecular weight is 262 g/mol. The van der Waals surface area contributed by atoms with Crippen molar-refractivity contribution < 1.29 is 0 Å². The van der Waals surface area contributed by atoms with E-state index in [2.05, 4.69) is 46.2 Å². The van der Waals surface area contributed by atoms with Crippen molar-refractivity contribution in [1.82, 2.24) is 19.3 Å². The van der Waals surface area contributed by atoms with E-state index in [-0.39, 0.29) is 0 Å². The van der Waals surface area contributed by atoms with Gasteiger partial charge in [-0.15, -0.1) is 0 Å². The Balaban J connectivity index is 2.19. The second-order valence-corrected chi connectivity index (χ2v) is 4.94. The summed E-state index contributed by atoms with van der Waals surface area (Å²) in [4.78, 5) is 13.3. The molecule has 104 valence electrons. The van der Waals surface area contributed by atoms with Gasteiger partial charge in [-0.3, -0.25) is 0 Å². The van der Waals surface area contributed by atoms with E-state index in [1.54, 1.807) is 6.20 Å².